The van der Waals surface area contributed by atoms with Gasteiger partial charge < -0.3 is 14.8 Å². The van der Waals surface area contributed by atoms with Crippen LogP contribution in [0, 0.1) is 5.92 Å². The standard InChI is InChI=1S/C15H18N2O3S/c18-14(19)11-3-5-15(20,6-4-11)10-17-8-7-16-13(17)12-2-1-9-21-12/h1-2,7-9,11,20H,3-6,10H2,(H,18,19). The van der Waals surface area contributed by atoms with Gasteiger partial charge in [0.05, 0.1) is 22.9 Å². The number of aromatic nitrogens is 2. The summed E-state index contributed by atoms with van der Waals surface area (Å²) in [7, 11) is 0. The first-order valence-corrected chi connectivity index (χ1v) is 7.96. The van der Waals surface area contributed by atoms with Crippen molar-refractivity contribution in [1.29, 1.82) is 0 Å². The molecule has 0 bridgehead atoms. The molecule has 21 heavy (non-hydrogen) atoms. The molecule has 3 rings (SSSR count). The van der Waals surface area contributed by atoms with Gasteiger partial charge in [-0.05, 0) is 37.1 Å². The van der Waals surface area contributed by atoms with Crippen LogP contribution in [0.5, 0.6) is 0 Å². The maximum absolute atomic E-state index is 11.0. The number of imidazole rings is 1. The molecule has 112 valence electrons. The lowest BCUT2D eigenvalue weighted by atomic mass is 9.79. The zero-order valence-electron chi connectivity index (χ0n) is 11.6. The average Bonchev–Trinajstić information content (AvgIpc) is 3.09. The molecule has 0 amide bonds. The van der Waals surface area contributed by atoms with Crippen LogP contribution >= 0.6 is 11.3 Å². The number of rotatable bonds is 4. The molecule has 1 aliphatic rings. The van der Waals surface area contributed by atoms with Crippen LogP contribution in [0.1, 0.15) is 25.7 Å². The first kappa shape index (κ1) is 14.3. The Morgan fingerprint density at radius 3 is 2.86 bits per heavy atom. The summed E-state index contributed by atoms with van der Waals surface area (Å²) in [5, 5.41) is 21.8. The van der Waals surface area contributed by atoms with Crippen molar-refractivity contribution in [3.63, 3.8) is 0 Å². The number of hydrogen-bond donors (Lipinski definition) is 2. The molecule has 0 radical (unpaired) electrons. The lowest BCUT2D eigenvalue weighted by molar-refractivity contribution is -0.145. The number of thiophene rings is 1. The third-order valence-corrected chi connectivity index (χ3v) is 5.05. The van der Waals surface area contributed by atoms with Gasteiger partial charge in [-0.15, -0.1) is 11.3 Å². The highest BCUT2D eigenvalue weighted by molar-refractivity contribution is 7.13. The topological polar surface area (TPSA) is 75.3 Å². The van der Waals surface area contributed by atoms with Crippen molar-refractivity contribution in [2.45, 2.75) is 37.8 Å². The summed E-state index contributed by atoms with van der Waals surface area (Å²) in [6, 6.07) is 3.99. The Balaban J connectivity index is 1.73. The van der Waals surface area contributed by atoms with Gasteiger partial charge >= 0.3 is 5.97 Å². The van der Waals surface area contributed by atoms with Crippen LogP contribution in [0.4, 0.5) is 0 Å². The van der Waals surface area contributed by atoms with E-state index >= 15 is 0 Å². The van der Waals surface area contributed by atoms with E-state index in [1.807, 2.05) is 28.3 Å². The normalized spacial score (nSPS) is 25.9. The Kier molecular flexibility index (Phi) is 3.82. The summed E-state index contributed by atoms with van der Waals surface area (Å²) in [4.78, 5) is 16.4. The van der Waals surface area contributed by atoms with Gasteiger partial charge in [0.15, 0.2) is 0 Å². The van der Waals surface area contributed by atoms with Gasteiger partial charge in [-0.2, -0.15) is 0 Å². The number of carboxylic acid groups (broad SMARTS) is 1. The number of hydrogen-bond acceptors (Lipinski definition) is 4. The number of carbonyl (C=O) groups is 1. The molecule has 0 saturated heterocycles. The largest absolute Gasteiger partial charge is 0.481 e. The predicted octanol–water partition coefficient (Wildman–Crippen LogP) is 2.62. The molecule has 1 aliphatic carbocycles. The molecule has 2 aromatic rings. The van der Waals surface area contributed by atoms with Gasteiger partial charge in [0.25, 0.3) is 0 Å². The van der Waals surface area contributed by atoms with E-state index in [-0.39, 0.29) is 5.92 Å². The van der Waals surface area contributed by atoms with Crippen LogP contribution in [-0.4, -0.2) is 31.3 Å². The fraction of sp³-hybridized carbons (Fsp3) is 0.467. The monoisotopic (exact) mass is 306 g/mol. The van der Waals surface area contributed by atoms with Crippen molar-refractivity contribution in [3.05, 3.63) is 29.9 Å². The summed E-state index contributed by atoms with van der Waals surface area (Å²) in [6.45, 7) is 0.465. The second-order valence-electron chi connectivity index (χ2n) is 5.69. The van der Waals surface area contributed by atoms with E-state index in [2.05, 4.69) is 4.98 Å². The van der Waals surface area contributed by atoms with Gasteiger partial charge in [0.2, 0.25) is 0 Å². The molecule has 2 heterocycles. The first-order valence-electron chi connectivity index (χ1n) is 7.08. The highest BCUT2D eigenvalue weighted by Crippen LogP contribution is 2.34. The number of aliphatic hydroxyl groups is 1. The Morgan fingerprint density at radius 1 is 1.48 bits per heavy atom. The van der Waals surface area contributed by atoms with Crippen molar-refractivity contribution in [2.75, 3.05) is 0 Å². The molecule has 0 spiro atoms. The Bertz CT molecular complexity index is 613. The summed E-state index contributed by atoms with van der Waals surface area (Å²) >= 11 is 1.62. The molecule has 0 unspecified atom stereocenters. The van der Waals surface area contributed by atoms with E-state index in [4.69, 9.17) is 5.11 Å². The van der Waals surface area contributed by atoms with Crippen LogP contribution in [0.15, 0.2) is 29.9 Å². The van der Waals surface area contributed by atoms with Crippen molar-refractivity contribution in [3.8, 4) is 10.7 Å². The molecule has 5 nitrogen and oxygen atoms in total. The SMILES string of the molecule is O=C(O)C1CCC(O)(Cn2ccnc2-c2cccs2)CC1. The minimum atomic E-state index is -0.835. The quantitative estimate of drug-likeness (QED) is 0.910. The maximum Gasteiger partial charge on any atom is 0.306 e. The molecular weight excluding hydrogens is 288 g/mol. The zero-order valence-corrected chi connectivity index (χ0v) is 12.4. The van der Waals surface area contributed by atoms with Crippen LogP contribution in [-0.2, 0) is 11.3 Å². The molecule has 1 saturated carbocycles. The fourth-order valence-electron chi connectivity index (χ4n) is 2.95. The van der Waals surface area contributed by atoms with Gasteiger partial charge in [0, 0.05) is 12.4 Å². The molecule has 0 atom stereocenters. The van der Waals surface area contributed by atoms with E-state index in [9.17, 15) is 9.90 Å². The van der Waals surface area contributed by atoms with Crippen LogP contribution in [0.2, 0.25) is 0 Å². The van der Waals surface area contributed by atoms with Crippen LogP contribution in [0.3, 0.4) is 0 Å². The molecule has 0 aromatic carbocycles. The Hall–Kier alpha value is -1.66. The molecule has 1 fully saturated rings. The highest BCUT2D eigenvalue weighted by Gasteiger charge is 2.36. The molecule has 6 heteroatoms. The average molecular weight is 306 g/mol. The lowest BCUT2D eigenvalue weighted by Gasteiger charge is -2.35. The lowest BCUT2D eigenvalue weighted by Crippen LogP contribution is -2.39. The zero-order chi connectivity index (χ0) is 14.9. The minimum absolute atomic E-state index is 0.315. The van der Waals surface area contributed by atoms with E-state index in [0.29, 0.717) is 32.2 Å². The minimum Gasteiger partial charge on any atom is -0.481 e. The van der Waals surface area contributed by atoms with E-state index in [0.717, 1.165) is 10.7 Å². The first-order chi connectivity index (χ1) is 10.1. The van der Waals surface area contributed by atoms with Crippen molar-refractivity contribution in [2.24, 2.45) is 5.92 Å². The smallest absolute Gasteiger partial charge is 0.306 e. The van der Waals surface area contributed by atoms with Gasteiger partial charge in [-0.3, -0.25) is 4.79 Å². The molecular formula is C15H18N2O3S. The van der Waals surface area contributed by atoms with E-state index < -0.39 is 11.6 Å². The second-order valence-corrected chi connectivity index (χ2v) is 6.64. The van der Waals surface area contributed by atoms with Crippen LogP contribution in [0.25, 0.3) is 10.7 Å². The molecule has 2 aromatic heterocycles. The van der Waals surface area contributed by atoms with Gasteiger partial charge in [-0.25, -0.2) is 4.98 Å². The fourth-order valence-corrected chi connectivity index (χ4v) is 3.68. The van der Waals surface area contributed by atoms with Crippen molar-refractivity contribution >= 4 is 17.3 Å². The summed E-state index contributed by atoms with van der Waals surface area (Å²) in [5.74, 6) is -0.206. The summed E-state index contributed by atoms with van der Waals surface area (Å²) < 4.78 is 1.97. The Labute approximate surface area is 126 Å². The van der Waals surface area contributed by atoms with Crippen LogP contribution < -0.4 is 0 Å². The maximum atomic E-state index is 11.0. The number of carboxylic acids is 1. The highest BCUT2D eigenvalue weighted by atomic mass is 32.1. The molecule has 0 aliphatic heterocycles. The Morgan fingerprint density at radius 2 is 2.24 bits per heavy atom. The predicted molar refractivity (Wildman–Crippen MR) is 80.1 cm³/mol. The summed E-state index contributed by atoms with van der Waals surface area (Å²) in [6.07, 6.45) is 5.72. The third kappa shape index (κ3) is 3.01. The van der Waals surface area contributed by atoms with E-state index in [1.54, 1.807) is 17.5 Å². The van der Waals surface area contributed by atoms with Crippen molar-refractivity contribution in [1.82, 2.24) is 9.55 Å². The van der Waals surface area contributed by atoms with Crippen molar-refractivity contribution < 1.29 is 15.0 Å². The summed E-state index contributed by atoms with van der Waals surface area (Å²) in [5.41, 5.74) is -0.835. The van der Waals surface area contributed by atoms with Gasteiger partial charge in [0.1, 0.15) is 5.82 Å². The van der Waals surface area contributed by atoms with E-state index in [1.165, 1.54) is 0 Å². The third-order valence-electron chi connectivity index (χ3n) is 4.19. The van der Waals surface area contributed by atoms with Gasteiger partial charge in [-0.1, -0.05) is 6.07 Å². The second kappa shape index (κ2) is 5.61. The number of aliphatic carboxylic acids is 1. The number of nitrogens with zero attached hydrogens (tertiary/aromatic N) is 2. The molecule has 2 N–H and O–H groups in total.